The molecule has 1 aromatic carbocycles. The SMILES string of the molecule is O=C1CCN(c2cc(F)cnc2OC2CN(c3ccc4ccccc4n3)C2)CC1. The Morgan fingerprint density at radius 1 is 1.03 bits per heavy atom. The maximum atomic E-state index is 13.8. The molecule has 0 amide bonds. The summed E-state index contributed by atoms with van der Waals surface area (Å²) in [6.45, 7) is 2.53. The third-order valence-corrected chi connectivity index (χ3v) is 5.49. The van der Waals surface area contributed by atoms with Gasteiger partial charge in [-0.25, -0.2) is 14.4 Å². The Morgan fingerprint density at radius 2 is 1.83 bits per heavy atom. The molecule has 0 bridgehead atoms. The van der Waals surface area contributed by atoms with Gasteiger partial charge in [0.15, 0.2) is 0 Å². The molecule has 0 saturated carbocycles. The van der Waals surface area contributed by atoms with Gasteiger partial charge in [0.2, 0.25) is 5.88 Å². The van der Waals surface area contributed by atoms with Crippen LogP contribution in [0.1, 0.15) is 12.8 Å². The summed E-state index contributed by atoms with van der Waals surface area (Å²) in [5.41, 5.74) is 1.59. The average molecular weight is 392 g/mol. The lowest BCUT2D eigenvalue weighted by Gasteiger charge is -2.40. The van der Waals surface area contributed by atoms with Crippen molar-refractivity contribution in [2.75, 3.05) is 36.0 Å². The highest BCUT2D eigenvalue weighted by Crippen LogP contribution is 2.31. The zero-order valence-electron chi connectivity index (χ0n) is 15.9. The molecule has 2 aromatic heterocycles. The molecule has 29 heavy (non-hydrogen) atoms. The van der Waals surface area contributed by atoms with Gasteiger partial charge in [-0.2, -0.15) is 0 Å². The van der Waals surface area contributed by atoms with Gasteiger partial charge in [0, 0.05) is 37.4 Å². The Labute approximate surface area is 167 Å². The summed E-state index contributed by atoms with van der Waals surface area (Å²) in [6, 6.07) is 13.6. The van der Waals surface area contributed by atoms with E-state index in [0.29, 0.717) is 50.6 Å². The van der Waals surface area contributed by atoms with E-state index in [0.717, 1.165) is 16.7 Å². The van der Waals surface area contributed by atoms with Crippen LogP contribution in [0.25, 0.3) is 10.9 Å². The van der Waals surface area contributed by atoms with Crippen LogP contribution >= 0.6 is 0 Å². The van der Waals surface area contributed by atoms with E-state index >= 15 is 0 Å². The molecule has 5 rings (SSSR count). The Morgan fingerprint density at radius 3 is 2.66 bits per heavy atom. The summed E-state index contributed by atoms with van der Waals surface area (Å²) in [5.74, 6) is 1.19. The molecule has 6 nitrogen and oxygen atoms in total. The lowest BCUT2D eigenvalue weighted by Crippen LogP contribution is -2.54. The predicted molar refractivity (Wildman–Crippen MR) is 109 cm³/mol. The zero-order valence-corrected chi connectivity index (χ0v) is 15.9. The first-order valence-corrected chi connectivity index (χ1v) is 9.85. The standard InChI is InChI=1S/C22H21FN4O2/c23-16-11-20(26-9-7-17(28)8-10-26)22(24-12-16)29-18-13-27(14-18)21-6-5-15-3-1-2-4-19(15)25-21/h1-6,11-12,18H,7-10,13-14H2. The van der Waals surface area contributed by atoms with E-state index in [4.69, 9.17) is 9.72 Å². The quantitative estimate of drug-likeness (QED) is 0.680. The number of halogens is 1. The molecular weight excluding hydrogens is 371 g/mol. The highest BCUT2D eigenvalue weighted by molar-refractivity contribution is 5.81. The van der Waals surface area contributed by atoms with Gasteiger partial charge >= 0.3 is 0 Å². The van der Waals surface area contributed by atoms with Crippen LogP contribution < -0.4 is 14.5 Å². The summed E-state index contributed by atoms with van der Waals surface area (Å²) in [5, 5.41) is 1.12. The summed E-state index contributed by atoms with van der Waals surface area (Å²) >= 11 is 0. The second-order valence-corrected chi connectivity index (χ2v) is 7.51. The van der Waals surface area contributed by atoms with Crippen molar-refractivity contribution >= 4 is 28.2 Å². The lowest BCUT2D eigenvalue weighted by atomic mass is 10.1. The van der Waals surface area contributed by atoms with Crippen molar-refractivity contribution in [1.82, 2.24) is 9.97 Å². The number of rotatable bonds is 4. The minimum atomic E-state index is -0.403. The monoisotopic (exact) mass is 392 g/mol. The molecule has 2 aliphatic heterocycles. The highest BCUT2D eigenvalue weighted by Gasteiger charge is 2.31. The third kappa shape index (κ3) is 3.60. The molecule has 0 atom stereocenters. The maximum Gasteiger partial charge on any atom is 0.238 e. The first-order valence-electron chi connectivity index (χ1n) is 9.85. The summed E-state index contributed by atoms with van der Waals surface area (Å²) < 4.78 is 19.9. The second-order valence-electron chi connectivity index (χ2n) is 7.51. The smallest absolute Gasteiger partial charge is 0.238 e. The number of hydrogen-bond donors (Lipinski definition) is 0. The van der Waals surface area contributed by atoms with Gasteiger partial charge in [-0.15, -0.1) is 0 Å². The number of benzene rings is 1. The molecule has 4 heterocycles. The minimum Gasteiger partial charge on any atom is -0.469 e. The molecule has 0 aliphatic carbocycles. The van der Waals surface area contributed by atoms with Crippen molar-refractivity contribution in [2.45, 2.75) is 18.9 Å². The number of nitrogens with zero attached hydrogens (tertiary/aromatic N) is 4. The van der Waals surface area contributed by atoms with Crippen LogP contribution in [0.5, 0.6) is 5.88 Å². The zero-order chi connectivity index (χ0) is 19.8. The van der Waals surface area contributed by atoms with E-state index in [2.05, 4.69) is 16.0 Å². The molecule has 0 radical (unpaired) electrons. The van der Waals surface area contributed by atoms with Crippen molar-refractivity contribution in [3.63, 3.8) is 0 Å². The molecule has 0 spiro atoms. The van der Waals surface area contributed by atoms with Crippen molar-refractivity contribution in [2.24, 2.45) is 0 Å². The number of Topliss-reactive ketones (excluding diaryl/α,β-unsaturated/α-hetero) is 1. The average Bonchev–Trinajstić information content (AvgIpc) is 2.71. The fourth-order valence-electron chi connectivity index (χ4n) is 3.82. The van der Waals surface area contributed by atoms with Crippen LogP contribution in [0.4, 0.5) is 15.9 Å². The van der Waals surface area contributed by atoms with Crippen LogP contribution in [0, 0.1) is 5.82 Å². The van der Waals surface area contributed by atoms with E-state index in [9.17, 15) is 9.18 Å². The lowest BCUT2D eigenvalue weighted by molar-refractivity contribution is -0.119. The number of carbonyl (C=O) groups is 1. The number of ketones is 1. The van der Waals surface area contributed by atoms with Crippen molar-refractivity contribution < 1.29 is 13.9 Å². The van der Waals surface area contributed by atoms with E-state index in [-0.39, 0.29) is 11.9 Å². The minimum absolute atomic E-state index is 0.0357. The van der Waals surface area contributed by atoms with Gasteiger partial charge in [-0.05, 0) is 18.2 Å². The summed E-state index contributed by atoms with van der Waals surface area (Å²) in [6.07, 6.45) is 2.09. The summed E-state index contributed by atoms with van der Waals surface area (Å²) in [4.78, 5) is 24.5. The van der Waals surface area contributed by atoms with Crippen LogP contribution in [0.2, 0.25) is 0 Å². The first kappa shape index (κ1) is 17.8. The Hall–Kier alpha value is -3.22. The predicted octanol–water partition coefficient (Wildman–Crippen LogP) is 3.21. The number of pyridine rings is 2. The number of para-hydroxylation sites is 1. The first-order chi connectivity index (χ1) is 14.2. The van der Waals surface area contributed by atoms with Gasteiger partial charge in [0.1, 0.15) is 29.2 Å². The Bertz CT molecular complexity index is 1060. The normalized spacial score (nSPS) is 17.5. The van der Waals surface area contributed by atoms with Crippen molar-refractivity contribution in [3.05, 3.63) is 54.5 Å². The number of carbonyl (C=O) groups excluding carboxylic acids is 1. The van der Waals surface area contributed by atoms with Crippen LogP contribution in [0.15, 0.2) is 48.7 Å². The number of fused-ring (bicyclic) bond motifs is 1. The number of aromatic nitrogens is 2. The number of ether oxygens (including phenoxy) is 1. The molecule has 3 aromatic rings. The van der Waals surface area contributed by atoms with Gasteiger partial charge in [-0.1, -0.05) is 18.2 Å². The van der Waals surface area contributed by atoms with Crippen molar-refractivity contribution in [3.8, 4) is 5.88 Å². The Balaban J connectivity index is 1.28. The molecule has 0 N–H and O–H groups in total. The third-order valence-electron chi connectivity index (χ3n) is 5.49. The molecule has 2 fully saturated rings. The molecular formula is C22H21FN4O2. The maximum absolute atomic E-state index is 13.8. The van der Waals surface area contributed by atoms with E-state index in [1.807, 2.05) is 35.2 Å². The van der Waals surface area contributed by atoms with Crippen molar-refractivity contribution in [1.29, 1.82) is 0 Å². The Kier molecular flexibility index (Phi) is 4.50. The van der Waals surface area contributed by atoms with E-state index < -0.39 is 5.82 Å². The number of piperidine rings is 1. The highest BCUT2D eigenvalue weighted by atomic mass is 19.1. The fraction of sp³-hybridized carbons (Fsp3) is 0.318. The summed E-state index contributed by atoms with van der Waals surface area (Å²) in [7, 11) is 0. The van der Waals surface area contributed by atoms with Gasteiger partial charge in [0.05, 0.1) is 24.8 Å². The van der Waals surface area contributed by atoms with Crippen LogP contribution in [-0.4, -0.2) is 48.0 Å². The van der Waals surface area contributed by atoms with Gasteiger partial charge in [-0.3, -0.25) is 4.79 Å². The van der Waals surface area contributed by atoms with Gasteiger partial charge in [0.25, 0.3) is 0 Å². The largest absolute Gasteiger partial charge is 0.469 e. The van der Waals surface area contributed by atoms with Crippen LogP contribution in [-0.2, 0) is 4.79 Å². The topological polar surface area (TPSA) is 58.6 Å². The fourth-order valence-corrected chi connectivity index (χ4v) is 3.82. The molecule has 2 saturated heterocycles. The number of hydrogen-bond acceptors (Lipinski definition) is 6. The van der Waals surface area contributed by atoms with E-state index in [1.165, 1.54) is 12.3 Å². The molecule has 2 aliphatic rings. The number of anilines is 2. The second kappa shape index (κ2) is 7.31. The van der Waals surface area contributed by atoms with Gasteiger partial charge < -0.3 is 14.5 Å². The van der Waals surface area contributed by atoms with Crippen LogP contribution in [0.3, 0.4) is 0 Å². The van der Waals surface area contributed by atoms with E-state index in [1.54, 1.807) is 0 Å². The molecule has 7 heteroatoms. The molecule has 148 valence electrons. The molecule has 0 unspecified atom stereocenters.